The van der Waals surface area contributed by atoms with Crippen LogP contribution < -0.4 is 4.83 Å². The normalized spacial score (nSPS) is 12.4. The molecule has 5 nitrogen and oxygen atoms in total. The highest BCUT2D eigenvalue weighted by atomic mass is 35.5. The first-order valence-corrected chi connectivity index (χ1v) is 7.63. The molecular weight excluding hydrogens is 300 g/mol. The van der Waals surface area contributed by atoms with Gasteiger partial charge in [0.25, 0.3) is 10.0 Å². The molecule has 7 heteroatoms. The third kappa shape index (κ3) is 3.40. The van der Waals surface area contributed by atoms with E-state index in [1.807, 2.05) is 0 Å². The fourth-order valence-corrected chi connectivity index (χ4v) is 2.46. The first-order valence-electron chi connectivity index (χ1n) is 5.77. The zero-order chi connectivity index (χ0) is 14.8. The quantitative estimate of drug-likeness (QED) is 0.697. The van der Waals surface area contributed by atoms with Gasteiger partial charge in [0.05, 0.1) is 4.90 Å². The lowest BCUT2D eigenvalue weighted by molar-refractivity contribution is 0.524. The highest BCUT2D eigenvalue weighted by molar-refractivity contribution is 7.89. The summed E-state index contributed by atoms with van der Waals surface area (Å²) in [7, 11) is -3.71. The Bertz CT molecular complexity index is 733. The average Bonchev–Trinajstić information content (AvgIpc) is 2.83. The second-order valence-electron chi connectivity index (χ2n) is 4.16. The maximum absolute atomic E-state index is 12.0. The van der Waals surface area contributed by atoms with Crippen molar-refractivity contribution in [1.82, 2.24) is 4.83 Å². The van der Waals surface area contributed by atoms with E-state index in [1.165, 1.54) is 24.3 Å². The van der Waals surface area contributed by atoms with Crippen LogP contribution in [0.4, 0.5) is 0 Å². The van der Waals surface area contributed by atoms with Crippen molar-refractivity contribution < 1.29 is 12.8 Å². The highest BCUT2D eigenvalue weighted by Gasteiger charge is 2.13. The van der Waals surface area contributed by atoms with E-state index in [-0.39, 0.29) is 4.90 Å². The van der Waals surface area contributed by atoms with Crippen LogP contribution in [0.2, 0.25) is 5.02 Å². The van der Waals surface area contributed by atoms with Crippen molar-refractivity contribution in [2.24, 2.45) is 5.10 Å². The lowest BCUT2D eigenvalue weighted by atomic mass is 10.3. The third-order valence-electron chi connectivity index (χ3n) is 2.55. The zero-order valence-corrected chi connectivity index (χ0v) is 12.5. The van der Waals surface area contributed by atoms with E-state index in [0.29, 0.717) is 16.5 Å². The zero-order valence-electron chi connectivity index (χ0n) is 10.9. The largest absolute Gasteiger partial charge is 0.460 e. The highest BCUT2D eigenvalue weighted by Crippen LogP contribution is 2.14. The molecule has 0 aliphatic heterocycles. The lowest BCUT2D eigenvalue weighted by Gasteiger charge is -2.04. The van der Waals surface area contributed by atoms with Gasteiger partial charge in [0.1, 0.15) is 17.2 Å². The molecule has 0 spiro atoms. The second-order valence-corrected chi connectivity index (χ2v) is 6.25. The van der Waals surface area contributed by atoms with Gasteiger partial charge in [-0.2, -0.15) is 18.4 Å². The Hall–Kier alpha value is -1.79. The molecular formula is C13H13ClN2O3S. The molecule has 2 aromatic rings. The van der Waals surface area contributed by atoms with E-state index in [9.17, 15) is 8.42 Å². The number of hydrazone groups is 1. The molecule has 1 aromatic carbocycles. The molecule has 0 bridgehead atoms. The van der Waals surface area contributed by atoms with Gasteiger partial charge in [-0.15, -0.1) is 0 Å². The maximum atomic E-state index is 12.0. The Labute approximate surface area is 122 Å². The van der Waals surface area contributed by atoms with Gasteiger partial charge in [0.2, 0.25) is 0 Å². The Morgan fingerprint density at radius 1 is 1.20 bits per heavy atom. The van der Waals surface area contributed by atoms with E-state index in [0.717, 1.165) is 5.76 Å². The smallest absolute Gasteiger partial charge is 0.276 e. The number of furan rings is 1. The van der Waals surface area contributed by atoms with Crippen LogP contribution in [0.1, 0.15) is 18.4 Å². The summed E-state index contributed by atoms with van der Waals surface area (Å²) in [4.78, 5) is 2.25. The van der Waals surface area contributed by atoms with Crippen molar-refractivity contribution >= 4 is 27.3 Å². The van der Waals surface area contributed by atoms with Crippen molar-refractivity contribution in [2.75, 3.05) is 0 Å². The van der Waals surface area contributed by atoms with Crippen LogP contribution in [-0.4, -0.2) is 14.1 Å². The molecule has 0 amide bonds. The van der Waals surface area contributed by atoms with Gasteiger partial charge in [0.15, 0.2) is 0 Å². The standard InChI is InChI=1S/C13H13ClN2O3S/c1-9-3-8-13(19-9)10(2)15-16-20(17,18)12-6-4-11(14)5-7-12/h3-8,16H,1-2H3/b15-10-. The summed E-state index contributed by atoms with van der Waals surface area (Å²) in [5.74, 6) is 1.25. The van der Waals surface area contributed by atoms with E-state index in [2.05, 4.69) is 9.93 Å². The average molecular weight is 313 g/mol. The molecule has 0 saturated carbocycles. The van der Waals surface area contributed by atoms with E-state index < -0.39 is 10.0 Å². The summed E-state index contributed by atoms with van der Waals surface area (Å²) >= 11 is 5.72. The molecule has 1 aromatic heterocycles. The van der Waals surface area contributed by atoms with Gasteiger partial charge in [-0.25, -0.2) is 0 Å². The molecule has 2 rings (SSSR count). The number of sulfonamides is 1. The van der Waals surface area contributed by atoms with E-state index in [1.54, 1.807) is 26.0 Å². The molecule has 1 N–H and O–H groups in total. The fraction of sp³-hybridized carbons (Fsp3) is 0.154. The van der Waals surface area contributed by atoms with Crippen molar-refractivity contribution in [1.29, 1.82) is 0 Å². The minimum Gasteiger partial charge on any atom is -0.460 e. The molecule has 0 radical (unpaired) electrons. The van der Waals surface area contributed by atoms with Gasteiger partial charge < -0.3 is 4.42 Å². The fourth-order valence-electron chi connectivity index (χ4n) is 1.48. The van der Waals surface area contributed by atoms with Gasteiger partial charge in [-0.1, -0.05) is 11.6 Å². The van der Waals surface area contributed by atoms with Crippen molar-refractivity contribution in [3.63, 3.8) is 0 Å². The number of aryl methyl sites for hydroxylation is 1. The minimum atomic E-state index is -3.71. The van der Waals surface area contributed by atoms with Gasteiger partial charge in [-0.3, -0.25) is 0 Å². The molecule has 0 fully saturated rings. The lowest BCUT2D eigenvalue weighted by Crippen LogP contribution is -2.19. The van der Waals surface area contributed by atoms with Crippen LogP contribution in [0, 0.1) is 6.92 Å². The number of nitrogens with zero attached hydrogens (tertiary/aromatic N) is 1. The topological polar surface area (TPSA) is 71.7 Å². The molecule has 1 heterocycles. The van der Waals surface area contributed by atoms with E-state index in [4.69, 9.17) is 16.0 Å². The Balaban J connectivity index is 2.18. The Kier molecular flexibility index (Phi) is 4.15. The molecule has 20 heavy (non-hydrogen) atoms. The number of nitrogens with one attached hydrogen (secondary N) is 1. The summed E-state index contributed by atoms with van der Waals surface area (Å²) in [6.45, 7) is 3.46. The summed E-state index contributed by atoms with van der Waals surface area (Å²) < 4.78 is 29.3. The van der Waals surface area contributed by atoms with Crippen molar-refractivity contribution in [2.45, 2.75) is 18.7 Å². The molecule has 0 atom stereocenters. The number of halogens is 1. The summed E-state index contributed by atoms with van der Waals surface area (Å²) in [6, 6.07) is 9.33. The monoisotopic (exact) mass is 312 g/mol. The SMILES string of the molecule is C/C(=N/NS(=O)(=O)c1ccc(Cl)cc1)c1ccc(C)o1. The van der Waals surface area contributed by atoms with Crippen LogP contribution in [0.5, 0.6) is 0 Å². The molecule has 0 aliphatic carbocycles. The van der Waals surface area contributed by atoms with E-state index >= 15 is 0 Å². The maximum Gasteiger partial charge on any atom is 0.276 e. The van der Waals surface area contributed by atoms with Gasteiger partial charge in [0, 0.05) is 5.02 Å². The summed E-state index contributed by atoms with van der Waals surface area (Å²) in [5.41, 5.74) is 0.440. The first-order chi connectivity index (χ1) is 9.38. The van der Waals surface area contributed by atoms with Gasteiger partial charge in [-0.05, 0) is 50.2 Å². The first kappa shape index (κ1) is 14.6. The second kappa shape index (κ2) is 5.68. The predicted molar refractivity (Wildman–Crippen MR) is 77.4 cm³/mol. The summed E-state index contributed by atoms with van der Waals surface area (Å²) in [5, 5.41) is 4.30. The third-order valence-corrected chi connectivity index (χ3v) is 4.03. The van der Waals surface area contributed by atoms with Crippen LogP contribution >= 0.6 is 11.6 Å². The number of benzene rings is 1. The Morgan fingerprint density at radius 2 is 1.85 bits per heavy atom. The number of hydrogen-bond acceptors (Lipinski definition) is 4. The minimum absolute atomic E-state index is 0.0917. The Morgan fingerprint density at radius 3 is 2.40 bits per heavy atom. The van der Waals surface area contributed by atoms with Crippen LogP contribution in [0.3, 0.4) is 0 Å². The predicted octanol–water partition coefficient (Wildman–Crippen LogP) is 2.94. The van der Waals surface area contributed by atoms with Crippen LogP contribution in [-0.2, 0) is 10.0 Å². The molecule has 106 valence electrons. The molecule has 0 aliphatic rings. The van der Waals surface area contributed by atoms with Crippen LogP contribution in [0.15, 0.2) is 50.8 Å². The molecule has 0 unspecified atom stereocenters. The number of hydrogen-bond donors (Lipinski definition) is 1. The van der Waals surface area contributed by atoms with Crippen LogP contribution in [0.25, 0.3) is 0 Å². The van der Waals surface area contributed by atoms with Crippen molar-refractivity contribution in [3.05, 3.63) is 52.9 Å². The van der Waals surface area contributed by atoms with Gasteiger partial charge >= 0.3 is 0 Å². The number of rotatable bonds is 4. The summed E-state index contributed by atoms with van der Waals surface area (Å²) in [6.07, 6.45) is 0. The van der Waals surface area contributed by atoms with Crippen molar-refractivity contribution in [3.8, 4) is 0 Å². The molecule has 0 saturated heterocycles.